The minimum Gasteiger partial charge on any atom is -0.450 e. The van der Waals surface area contributed by atoms with Gasteiger partial charge in [-0.25, -0.2) is 4.79 Å². The number of unbranched alkanes of at least 4 members (excludes halogenated alkanes) is 4. The molecule has 0 atom stereocenters. The molecule has 0 aromatic heterocycles. The van der Waals surface area contributed by atoms with Gasteiger partial charge in [-0.15, -0.1) is 0 Å². The summed E-state index contributed by atoms with van der Waals surface area (Å²) in [6.07, 6.45) is 27.5. The number of amides is 1. The number of nitrogens with one attached hydrogen (secondary N) is 1. The number of hydrogen-bond donors (Lipinski definition) is 1. The van der Waals surface area contributed by atoms with Crippen molar-refractivity contribution in [2.24, 2.45) is 0 Å². The summed E-state index contributed by atoms with van der Waals surface area (Å²) >= 11 is 0. The fourth-order valence-electron chi connectivity index (χ4n) is 2.15. The van der Waals surface area contributed by atoms with Crippen molar-refractivity contribution in [1.29, 1.82) is 0 Å². The van der Waals surface area contributed by atoms with Crippen molar-refractivity contribution in [3.05, 3.63) is 48.6 Å². The smallest absolute Gasteiger partial charge is 0.407 e. The third kappa shape index (κ3) is 20.2. The minimum absolute atomic E-state index is 0.325. The van der Waals surface area contributed by atoms with E-state index in [1.165, 1.54) is 25.7 Å². The van der Waals surface area contributed by atoms with Crippen LogP contribution < -0.4 is 5.32 Å². The van der Waals surface area contributed by atoms with Crippen LogP contribution in [-0.4, -0.2) is 19.2 Å². The Labute approximate surface area is 154 Å². The first-order valence-electron chi connectivity index (χ1n) is 9.81. The molecule has 0 heterocycles. The van der Waals surface area contributed by atoms with Crippen molar-refractivity contribution in [2.45, 2.75) is 71.6 Å². The van der Waals surface area contributed by atoms with Crippen molar-refractivity contribution >= 4 is 6.09 Å². The lowest BCUT2D eigenvalue weighted by molar-refractivity contribution is 0.152. The maximum absolute atomic E-state index is 11.0. The van der Waals surface area contributed by atoms with Crippen LogP contribution in [0.15, 0.2) is 48.6 Å². The molecule has 0 fully saturated rings. The fraction of sp³-hybridized carbons (Fsp3) is 0.591. The zero-order valence-electron chi connectivity index (χ0n) is 16.2. The molecule has 1 N–H and O–H groups in total. The number of carbonyl (C=O) groups is 1. The van der Waals surface area contributed by atoms with Gasteiger partial charge in [-0.3, -0.25) is 0 Å². The van der Waals surface area contributed by atoms with E-state index in [9.17, 15) is 4.79 Å². The van der Waals surface area contributed by atoms with E-state index in [0.29, 0.717) is 13.2 Å². The van der Waals surface area contributed by atoms with E-state index in [1.807, 2.05) is 0 Å². The molecule has 25 heavy (non-hydrogen) atoms. The molecule has 0 unspecified atom stereocenters. The molecule has 0 saturated heterocycles. The lowest BCUT2D eigenvalue weighted by Gasteiger charge is -2.02. The van der Waals surface area contributed by atoms with E-state index in [4.69, 9.17) is 4.74 Å². The maximum atomic E-state index is 11.0. The van der Waals surface area contributed by atoms with Crippen LogP contribution in [0, 0.1) is 0 Å². The number of allylic oxidation sites excluding steroid dienone is 8. The van der Waals surface area contributed by atoms with Gasteiger partial charge in [-0.1, -0.05) is 68.4 Å². The topological polar surface area (TPSA) is 38.3 Å². The Hall–Kier alpha value is -1.77. The predicted octanol–water partition coefficient (Wildman–Crippen LogP) is 6.49. The zero-order valence-corrected chi connectivity index (χ0v) is 16.2. The zero-order chi connectivity index (χ0) is 18.4. The summed E-state index contributed by atoms with van der Waals surface area (Å²) in [5.74, 6) is 0. The van der Waals surface area contributed by atoms with Crippen LogP contribution in [-0.2, 0) is 4.74 Å². The molecule has 0 aromatic carbocycles. The summed E-state index contributed by atoms with van der Waals surface area (Å²) in [4.78, 5) is 11.0. The first-order valence-corrected chi connectivity index (χ1v) is 9.81. The first-order chi connectivity index (χ1) is 12.3. The first kappa shape index (κ1) is 23.2. The molecule has 0 aromatic rings. The van der Waals surface area contributed by atoms with Gasteiger partial charge in [0.25, 0.3) is 0 Å². The van der Waals surface area contributed by atoms with Crippen LogP contribution in [0.25, 0.3) is 0 Å². The van der Waals surface area contributed by atoms with Gasteiger partial charge in [-0.05, 0) is 51.9 Å². The van der Waals surface area contributed by atoms with Gasteiger partial charge in [0.15, 0.2) is 0 Å². The van der Waals surface area contributed by atoms with E-state index in [0.717, 1.165) is 32.1 Å². The lowest BCUT2D eigenvalue weighted by atomic mass is 10.2. The van der Waals surface area contributed by atoms with E-state index < -0.39 is 0 Å². The highest BCUT2D eigenvalue weighted by molar-refractivity contribution is 5.66. The quantitative estimate of drug-likeness (QED) is 0.272. The van der Waals surface area contributed by atoms with Gasteiger partial charge < -0.3 is 10.1 Å². The Bertz CT molecular complexity index is 408. The second-order valence-corrected chi connectivity index (χ2v) is 5.88. The average Bonchev–Trinajstić information content (AvgIpc) is 2.61. The Morgan fingerprint density at radius 1 is 0.760 bits per heavy atom. The summed E-state index contributed by atoms with van der Waals surface area (Å²) in [7, 11) is 0. The van der Waals surface area contributed by atoms with Crippen LogP contribution in [0.1, 0.15) is 71.6 Å². The molecule has 0 aliphatic carbocycles. The third-order valence-electron chi connectivity index (χ3n) is 3.55. The molecule has 0 saturated carbocycles. The van der Waals surface area contributed by atoms with Crippen LogP contribution >= 0.6 is 0 Å². The molecule has 3 heteroatoms. The van der Waals surface area contributed by atoms with Crippen molar-refractivity contribution in [3.8, 4) is 0 Å². The highest BCUT2D eigenvalue weighted by atomic mass is 16.5. The van der Waals surface area contributed by atoms with E-state index in [2.05, 4.69) is 60.8 Å². The molecular formula is C22H37NO2. The number of alkyl carbamates (subject to hydrolysis) is 1. The second-order valence-electron chi connectivity index (χ2n) is 5.88. The van der Waals surface area contributed by atoms with Gasteiger partial charge in [0.2, 0.25) is 0 Å². The van der Waals surface area contributed by atoms with Crippen LogP contribution in [0.5, 0.6) is 0 Å². The molecule has 142 valence electrons. The number of carbonyl (C=O) groups excluding carboxylic acids is 1. The highest BCUT2D eigenvalue weighted by Crippen LogP contribution is 2.01. The molecule has 3 nitrogen and oxygen atoms in total. The van der Waals surface area contributed by atoms with Crippen molar-refractivity contribution in [2.75, 3.05) is 13.2 Å². The van der Waals surface area contributed by atoms with Crippen molar-refractivity contribution in [1.82, 2.24) is 5.32 Å². The van der Waals surface area contributed by atoms with E-state index in [-0.39, 0.29) is 6.09 Å². The molecule has 0 rings (SSSR count). The van der Waals surface area contributed by atoms with Crippen LogP contribution in [0.3, 0.4) is 0 Å². The Morgan fingerprint density at radius 2 is 1.28 bits per heavy atom. The van der Waals surface area contributed by atoms with Crippen molar-refractivity contribution in [3.63, 3.8) is 0 Å². The lowest BCUT2D eigenvalue weighted by Crippen LogP contribution is -2.25. The number of rotatable bonds is 15. The standard InChI is InChI=1S/C22H37NO2/c1-3-5-6-7-8-9-10-11-12-13-14-15-16-17-18-19-20-21-23-22(24)25-4-2/h8-9,11-12,14-15,17-18H,3-7,10,13,16,19-21H2,1-2H3,(H,23,24). The monoisotopic (exact) mass is 347 g/mol. The summed E-state index contributed by atoms with van der Waals surface area (Å²) in [6.45, 7) is 5.13. The van der Waals surface area contributed by atoms with Crippen molar-refractivity contribution < 1.29 is 9.53 Å². The Morgan fingerprint density at radius 3 is 1.80 bits per heavy atom. The second kappa shape index (κ2) is 20.3. The molecule has 1 amide bonds. The van der Waals surface area contributed by atoms with Gasteiger partial charge in [-0.2, -0.15) is 0 Å². The Balaban J connectivity index is 3.41. The maximum Gasteiger partial charge on any atom is 0.407 e. The van der Waals surface area contributed by atoms with Gasteiger partial charge in [0.05, 0.1) is 6.61 Å². The number of hydrogen-bond acceptors (Lipinski definition) is 2. The summed E-state index contributed by atoms with van der Waals surface area (Å²) in [6, 6.07) is 0. The fourth-order valence-corrected chi connectivity index (χ4v) is 2.15. The molecule has 0 bridgehead atoms. The third-order valence-corrected chi connectivity index (χ3v) is 3.55. The van der Waals surface area contributed by atoms with Gasteiger partial charge in [0.1, 0.15) is 0 Å². The van der Waals surface area contributed by atoms with Gasteiger partial charge >= 0.3 is 6.09 Å². The molecule has 0 radical (unpaired) electrons. The SMILES string of the molecule is CCCCCC=CCC=CCC=CCC=CCCCNC(=O)OCC. The summed E-state index contributed by atoms with van der Waals surface area (Å²) in [5, 5.41) is 2.71. The molecular weight excluding hydrogens is 310 g/mol. The van der Waals surface area contributed by atoms with Crippen LogP contribution in [0.2, 0.25) is 0 Å². The summed E-state index contributed by atoms with van der Waals surface area (Å²) in [5.41, 5.74) is 0. The normalized spacial score (nSPS) is 12.1. The minimum atomic E-state index is -0.325. The average molecular weight is 348 g/mol. The molecule has 0 spiro atoms. The van der Waals surface area contributed by atoms with Gasteiger partial charge in [0, 0.05) is 6.54 Å². The summed E-state index contributed by atoms with van der Waals surface area (Å²) < 4.78 is 4.79. The highest BCUT2D eigenvalue weighted by Gasteiger charge is 1.96. The molecule has 0 aliphatic heterocycles. The van der Waals surface area contributed by atoms with E-state index >= 15 is 0 Å². The molecule has 0 aliphatic rings. The predicted molar refractivity (Wildman–Crippen MR) is 109 cm³/mol. The Kier molecular flexibility index (Phi) is 18.8. The van der Waals surface area contributed by atoms with E-state index in [1.54, 1.807) is 6.92 Å². The van der Waals surface area contributed by atoms with Crippen LogP contribution in [0.4, 0.5) is 4.79 Å². The largest absolute Gasteiger partial charge is 0.450 e. The number of ether oxygens (including phenoxy) is 1.